The highest BCUT2D eigenvalue weighted by atomic mass is 19.1. The number of halogens is 2. The number of amides is 1. The van der Waals surface area contributed by atoms with Crippen LogP contribution in [0.2, 0.25) is 0 Å². The van der Waals surface area contributed by atoms with Crippen molar-refractivity contribution < 1.29 is 18.7 Å². The fourth-order valence-electron chi connectivity index (χ4n) is 3.16. The summed E-state index contributed by atoms with van der Waals surface area (Å²) in [5, 5.41) is 12.0. The van der Waals surface area contributed by atoms with Crippen LogP contribution in [0.4, 0.5) is 8.78 Å². The normalized spacial score (nSPS) is 15.6. The molecule has 0 aliphatic heterocycles. The summed E-state index contributed by atoms with van der Waals surface area (Å²) in [6, 6.07) is 10.5. The van der Waals surface area contributed by atoms with Gasteiger partial charge in [-0.25, -0.2) is 8.78 Å². The largest absolute Gasteiger partial charge is 0.392 e. The molecule has 3 rings (SSSR count). The van der Waals surface area contributed by atoms with Gasteiger partial charge in [-0.3, -0.25) is 4.79 Å². The number of hydrogen-bond donors (Lipinski definition) is 2. The predicted molar refractivity (Wildman–Crippen MR) is 86.1 cm³/mol. The molecule has 2 aromatic carbocycles. The summed E-state index contributed by atoms with van der Waals surface area (Å²) in [4.78, 5) is 12.7. The average molecular weight is 331 g/mol. The minimum atomic E-state index is -0.604. The molecular weight excluding hydrogens is 312 g/mol. The highest BCUT2D eigenvalue weighted by Crippen LogP contribution is 2.44. The Morgan fingerprint density at radius 1 is 1.12 bits per heavy atom. The van der Waals surface area contributed by atoms with Crippen molar-refractivity contribution in [2.45, 2.75) is 37.8 Å². The zero-order valence-electron chi connectivity index (χ0n) is 13.2. The van der Waals surface area contributed by atoms with Crippen molar-refractivity contribution in [3.05, 3.63) is 70.8 Å². The van der Waals surface area contributed by atoms with Crippen LogP contribution in [0.15, 0.2) is 42.5 Å². The minimum Gasteiger partial charge on any atom is -0.392 e. The van der Waals surface area contributed by atoms with Gasteiger partial charge in [-0.1, -0.05) is 24.6 Å². The van der Waals surface area contributed by atoms with Crippen LogP contribution in [-0.4, -0.2) is 11.0 Å². The number of carbonyl (C=O) groups is 1. The lowest BCUT2D eigenvalue weighted by atomic mass is 9.64. The Labute approximate surface area is 139 Å². The molecule has 0 aromatic heterocycles. The van der Waals surface area contributed by atoms with Gasteiger partial charge in [-0.05, 0) is 48.2 Å². The molecule has 1 aliphatic rings. The van der Waals surface area contributed by atoms with Crippen molar-refractivity contribution in [1.82, 2.24) is 5.32 Å². The summed E-state index contributed by atoms with van der Waals surface area (Å²) in [6.45, 7) is -0.123. The summed E-state index contributed by atoms with van der Waals surface area (Å²) >= 11 is 0. The molecule has 24 heavy (non-hydrogen) atoms. The second-order valence-corrected chi connectivity index (χ2v) is 6.21. The first-order valence-electron chi connectivity index (χ1n) is 7.98. The van der Waals surface area contributed by atoms with Crippen LogP contribution in [0.25, 0.3) is 0 Å². The fourth-order valence-corrected chi connectivity index (χ4v) is 3.16. The van der Waals surface area contributed by atoms with E-state index in [4.69, 9.17) is 5.11 Å². The molecule has 2 N–H and O–H groups in total. The lowest BCUT2D eigenvalue weighted by Gasteiger charge is -2.40. The number of hydrogen-bond acceptors (Lipinski definition) is 2. The Hall–Kier alpha value is -2.27. The van der Waals surface area contributed by atoms with Gasteiger partial charge in [0, 0.05) is 12.1 Å². The minimum absolute atomic E-state index is 0.102. The van der Waals surface area contributed by atoms with E-state index in [-0.39, 0.29) is 30.4 Å². The second kappa shape index (κ2) is 6.69. The van der Waals surface area contributed by atoms with E-state index in [1.807, 2.05) is 0 Å². The van der Waals surface area contributed by atoms with Crippen LogP contribution in [0.1, 0.15) is 36.0 Å². The van der Waals surface area contributed by atoms with Gasteiger partial charge in [0.15, 0.2) is 0 Å². The maximum absolute atomic E-state index is 13.4. The van der Waals surface area contributed by atoms with Gasteiger partial charge in [-0.2, -0.15) is 0 Å². The van der Waals surface area contributed by atoms with E-state index in [9.17, 15) is 13.6 Å². The monoisotopic (exact) mass is 331 g/mol. The molecule has 1 saturated carbocycles. The number of nitrogens with one attached hydrogen (secondary N) is 1. The molecule has 0 atom stereocenters. The molecule has 0 spiro atoms. The zero-order chi connectivity index (χ0) is 17.2. The topological polar surface area (TPSA) is 49.3 Å². The van der Waals surface area contributed by atoms with Crippen molar-refractivity contribution in [3.8, 4) is 0 Å². The average Bonchev–Trinajstić information content (AvgIpc) is 2.55. The van der Waals surface area contributed by atoms with Gasteiger partial charge >= 0.3 is 0 Å². The highest BCUT2D eigenvalue weighted by molar-refractivity contribution is 5.89. The van der Waals surface area contributed by atoms with Crippen molar-refractivity contribution in [3.63, 3.8) is 0 Å². The van der Waals surface area contributed by atoms with E-state index in [0.717, 1.165) is 30.4 Å². The Morgan fingerprint density at radius 3 is 2.42 bits per heavy atom. The zero-order valence-corrected chi connectivity index (χ0v) is 13.2. The summed E-state index contributed by atoms with van der Waals surface area (Å²) in [5.41, 5.74) is 1.15. The van der Waals surface area contributed by atoms with Gasteiger partial charge in [0.05, 0.1) is 12.0 Å². The fraction of sp³-hybridized carbons (Fsp3) is 0.316. The maximum Gasteiger partial charge on any atom is 0.230 e. The summed E-state index contributed by atoms with van der Waals surface area (Å²) < 4.78 is 26.5. The van der Waals surface area contributed by atoms with Crippen molar-refractivity contribution in [2.24, 2.45) is 0 Å². The van der Waals surface area contributed by atoms with Crippen LogP contribution in [0.3, 0.4) is 0 Å². The van der Waals surface area contributed by atoms with Crippen molar-refractivity contribution in [1.29, 1.82) is 0 Å². The Kier molecular flexibility index (Phi) is 4.62. The van der Waals surface area contributed by atoms with Gasteiger partial charge in [-0.15, -0.1) is 0 Å². The van der Waals surface area contributed by atoms with Crippen LogP contribution in [0.5, 0.6) is 0 Å². The third-order valence-electron chi connectivity index (χ3n) is 4.77. The number of benzene rings is 2. The van der Waals surface area contributed by atoms with Crippen LogP contribution in [-0.2, 0) is 23.4 Å². The van der Waals surface area contributed by atoms with E-state index in [1.165, 1.54) is 18.2 Å². The molecule has 0 radical (unpaired) electrons. The smallest absolute Gasteiger partial charge is 0.230 e. The molecule has 3 nitrogen and oxygen atoms in total. The predicted octanol–water partition coefficient (Wildman–Crippen LogP) is 3.20. The molecular formula is C19H19F2NO2. The van der Waals surface area contributed by atoms with E-state index < -0.39 is 11.2 Å². The molecule has 0 unspecified atom stereocenters. The first kappa shape index (κ1) is 16.6. The Bertz CT molecular complexity index is 740. The third kappa shape index (κ3) is 3.04. The van der Waals surface area contributed by atoms with Gasteiger partial charge in [0.25, 0.3) is 0 Å². The quantitative estimate of drug-likeness (QED) is 0.884. The Balaban J connectivity index is 1.72. The van der Waals surface area contributed by atoms with Gasteiger partial charge in [0.2, 0.25) is 5.91 Å². The van der Waals surface area contributed by atoms with Crippen molar-refractivity contribution in [2.75, 3.05) is 0 Å². The van der Waals surface area contributed by atoms with E-state index in [2.05, 4.69) is 5.32 Å². The van der Waals surface area contributed by atoms with Gasteiger partial charge < -0.3 is 10.4 Å². The lowest BCUT2D eigenvalue weighted by molar-refractivity contribution is -0.130. The summed E-state index contributed by atoms with van der Waals surface area (Å²) in [7, 11) is 0. The molecule has 0 saturated heterocycles. The van der Waals surface area contributed by atoms with E-state index >= 15 is 0 Å². The van der Waals surface area contributed by atoms with Gasteiger partial charge in [0.1, 0.15) is 11.6 Å². The number of aliphatic hydroxyl groups is 1. The van der Waals surface area contributed by atoms with Crippen LogP contribution < -0.4 is 5.32 Å². The Morgan fingerprint density at radius 2 is 1.83 bits per heavy atom. The molecule has 1 aliphatic carbocycles. The number of aliphatic hydroxyl groups excluding tert-OH is 1. The molecule has 126 valence electrons. The summed E-state index contributed by atoms with van der Waals surface area (Å²) in [6.07, 6.45) is 2.42. The van der Waals surface area contributed by atoms with E-state index in [0.29, 0.717) is 0 Å². The second-order valence-electron chi connectivity index (χ2n) is 6.21. The standard InChI is InChI=1S/C19H19F2NO2/c20-16-5-3-15(4-6-16)19(8-1-9-19)18(24)22-11-13-2-7-17(21)14(10-13)12-23/h2-7,10,23H,1,8-9,11-12H2,(H,22,24). The first-order chi connectivity index (χ1) is 11.5. The third-order valence-corrected chi connectivity index (χ3v) is 4.77. The molecule has 2 aromatic rings. The van der Waals surface area contributed by atoms with Crippen LogP contribution in [0, 0.1) is 11.6 Å². The number of rotatable bonds is 5. The van der Waals surface area contributed by atoms with Crippen LogP contribution >= 0.6 is 0 Å². The molecule has 0 heterocycles. The number of carbonyl (C=O) groups excluding carboxylic acids is 1. The molecule has 1 fully saturated rings. The lowest BCUT2D eigenvalue weighted by Crippen LogP contribution is -2.49. The molecule has 1 amide bonds. The molecule has 5 heteroatoms. The summed E-state index contributed by atoms with van der Waals surface area (Å²) in [5.74, 6) is -0.888. The maximum atomic E-state index is 13.4. The van der Waals surface area contributed by atoms with Crippen molar-refractivity contribution >= 4 is 5.91 Å². The molecule has 0 bridgehead atoms. The highest BCUT2D eigenvalue weighted by Gasteiger charge is 2.45. The van der Waals surface area contributed by atoms with E-state index in [1.54, 1.807) is 24.3 Å². The SMILES string of the molecule is O=C(NCc1ccc(F)c(CO)c1)C1(c2ccc(F)cc2)CCC1. The first-order valence-corrected chi connectivity index (χ1v) is 7.98.